The number of nitrogens with zero attached hydrogens (tertiary/aromatic N) is 3. The quantitative estimate of drug-likeness (QED) is 0.267. The van der Waals surface area contributed by atoms with Crippen molar-refractivity contribution in [2.45, 2.75) is 18.6 Å². The molecule has 4 aliphatic rings. The molecule has 4 atom stereocenters. The summed E-state index contributed by atoms with van der Waals surface area (Å²) >= 11 is 0. The lowest BCUT2D eigenvalue weighted by Gasteiger charge is -2.39. The van der Waals surface area contributed by atoms with Crippen molar-refractivity contribution < 1.29 is 47.4 Å². The number of aromatic nitrogens is 3. The van der Waals surface area contributed by atoms with Gasteiger partial charge in [-0.1, -0.05) is 5.21 Å². The molecule has 0 saturated carbocycles. The van der Waals surface area contributed by atoms with E-state index >= 15 is 0 Å². The summed E-state index contributed by atoms with van der Waals surface area (Å²) in [5.41, 5.74) is 3.23. The van der Waals surface area contributed by atoms with Crippen LogP contribution in [0.2, 0.25) is 0 Å². The maximum absolute atomic E-state index is 13.5. The third kappa shape index (κ3) is 4.40. The second kappa shape index (κ2) is 10.7. The summed E-state index contributed by atoms with van der Waals surface area (Å²) in [4.78, 5) is 13.5. The Balaban J connectivity index is 1.19. The van der Waals surface area contributed by atoms with Crippen LogP contribution in [0, 0.1) is 11.8 Å². The zero-order valence-electron chi connectivity index (χ0n) is 24.7. The van der Waals surface area contributed by atoms with Crippen LogP contribution in [0.25, 0.3) is 0 Å². The Morgan fingerprint density at radius 2 is 1.51 bits per heavy atom. The molecule has 3 aromatic carbocycles. The summed E-state index contributed by atoms with van der Waals surface area (Å²) in [5.74, 6) is 3.09. The fourth-order valence-electron chi connectivity index (χ4n) is 6.79. The fourth-order valence-corrected chi connectivity index (χ4v) is 6.79. The first kappa shape index (κ1) is 27.2. The van der Waals surface area contributed by atoms with Gasteiger partial charge in [-0.3, -0.25) is 4.79 Å². The van der Waals surface area contributed by atoms with Gasteiger partial charge in [0.15, 0.2) is 34.5 Å². The second-order valence-corrected chi connectivity index (χ2v) is 11.0. The molecular formula is C32H29N3O10. The van der Waals surface area contributed by atoms with Crippen molar-refractivity contribution in [3.05, 3.63) is 71.0 Å². The molecule has 4 heterocycles. The summed E-state index contributed by atoms with van der Waals surface area (Å²) in [5, 5.41) is 8.91. The highest BCUT2D eigenvalue weighted by atomic mass is 16.7. The largest absolute Gasteiger partial charge is 0.493 e. The molecule has 4 aromatic rings. The Bertz CT molecular complexity index is 1780. The van der Waals surface area contributed by atoms with Crippen LogP contribution in [0.15, 0.2) is 48.7 Å². The predicted octanol–water partition coefficient (Wildman–Crippen LogP) is 3.86. The fraction of sp³-hybridized carbons (Fsp3) is 0.344. The second-order valence-electron chi connectivity index (χ2n) is 11.0. The molecule has 0 spiro atoms. The first-order valence-corrected chi connectivity index (χ1v) is 14.4. The maximum atomic E-state index is 13.5. The summed E-state index contributed by atoms with van der Waals surface area (Å²) in [6.45, 7) is 0.687. The zero-order valence-corrected chi connectivity index (χ0v) is 24.7. The van der Waals surface area contributed by atoms with Gasteiger partial charge in [-0.25, -0.2) is 4.68 Å². The van der Waals surface area contributed by atoms with E-state index in [0.29, 0.717) is 51.7 Å². The standard InChI is InChI=1S/C32H29N3O10/c1-37-26-6-16(7-27(38-2)31(26)39-3)28-19-9-24-25(45-15-44-24)10-20(19)30(21-13-41-32(36)29(21)28)35-11-17(33-34-35)12-40-18-4-5-22-23(8-18)43-14-42-22/h4-11,21,28-30H,12-15H2,1-3H3/t21-,28+,29-,30+/m0/s1. The van der Waals surface area contributed by atoms with E-state index in [1.807, 2.05) is 36.5 Å². The number of rotatable bonds is 8. The highest BCUT2D eigenvalue weighted by Gasteiger charge is 2.53. The van der Waals surface area contributed by atoms with Crippen molar-refractivity contribution in [1.82, 2.24) is 15.0 Å². The van der Waals surface area contributed by atoms with Gasteiger partial charge in [-0.15, -0.1) is 5.10 Å². The summed E-state index contributed by atoms with van der Waals surface area (Å²) in [6.07, 6.45) is 1.84. The van der Waals surface area contributed by atoms with Gasteiger partial charge in [-0.2, -0.15) is 0 Å². The Morgan fingerprint density at radius 1 is 0.822 bits per heavy atom. The Morgan fingerprint density at radius 3 is 2.22 bits per heavy atom. The molecule has 45 heavy (non-hydrogen) atoms. The molecular weight excluding hydrogens is 586 g/mol. The molecule has 0 radical (unpaired) electrons. The minimum Gasteiger partial charge on any atom is -0.493 e. The lowest BCUT2D eigenvalue weighted by atomic mass is 9.65. The summed E-state index contributed by atoms with van der Waals surface area (Å²) in [7, 11) is 4.68. The van der Waals surface area contributed by atoms with Gasteiger partial charge in [-0.05, 0) is 53.1 Å². The molecule has 1 fully saturated rings. The number of ether oxygens (including phenoxy) is 9. The van der Waals surface area contributed by atoms with Crippen molar-refractivity contribution in [1.29, 1.82) is 0 Å². The molecule has 1 saturated heterocycles. The van der Waals surface area contributed by atoms with Crippen LogP contribution in [0.1, 0.15) is 34.3 Å². The Labute approximate surface area is 257 Å². The first-order chi connectivity index (χ1) is 22.1. The molecule has 0 bridgehead atoms. The third-order valence-corrected chi connectivity index (χ3v) is 8.77. The van der Waals surface area contributed by atoms with Crippen LogP contribution in [-0.4, -0.2) is 62.5 Å². The van der Waals surface area contributed by atoms with Gasteiger partial charge in [0.2, 0.25) is 19.3 Å². The van der Waals surface area contributed by atoms with Crippen molar-refractivity contribution >= 4 is 5.97 Å². The van der Waals surface area contributed by atoms with Gasteiger partial charge in [0.25, 0.3) is 0 Å². The van der Waals surface area contributed by atoms with Crippen molar-refractivity contribution in [2.75, 3.05) is 41.5 Å². The van der Waals surface area contributed by atoms with Gasteiger partial charge < -0.3 is 42.6 Å². The van der Waals surface area contributed by atoms with Crippen molar-refractivity contribution in [3.8, 4) is 46.0 Å². The number of hydrogen-bond acceptors (Lipinski definition) is 12. The highest BCUT2D eigenvalue weighted by Crippen LogP contribution is 2.56. The molecule has 13 nitrogen and oxygen atoms in total. The number of fused-ring (bicyclic) bond motifs is 4. The van der Waals surface area contributed by atoms with Crippen LogP contribution in [-0.2, 0) is 16.1 Å². The molecule has 232 valence electrons. The lowest BCUT2D eigenvalue weighted by Crippen LogP contribution is -2.37. The predicted molar refractivity (Wildman–Crippen MR) is 154 cm³/mol. The minimum atomic E-state index is -0.539. The molecule has 8 rings (SSSR count). The number of benzene rings is 3. The van der Waals surface area contributed by atoms with Crippen LogP contribution < -0.4 is 37.9 Å². The maximum Gasteiger partial charge on any atom is 0.310 e. The number of carbonyl (C=O) groups excluding carboxylic acids is 1. The van der Waals surface area contributed by atoms with E-state index in [-0.39, 0.29) is 44.7 Å². The minimum absolute atomic E-state index is 0.108. The topological polar surface area (TPSA) is 131 Å². The van der Waals surface area contributed by atoms with Crippen molar-refractivity contribution in [3.63, 3.8) is 0 Å². The molecule has 3 aliphatic heterocycles. The van der Waals surface area contributed by atoms with E-state index in [1.165, 1.54) is 0 Å². The average molecular weight is 616 g/mol. The average Bonchev–Trinajstić information content (AvgIpc) is 3.88. The Hall–Kier alpha value is -5.33. The molecule has 1 aromatic heterocycles. The highest BCUT2D eigenvalue weighted by molar-refractivity contribution is 5.79. The summed E-state index contributed by atoms with van der Waals surface area (Å²) < 4.78 is 52.8. The van der Waals surface area contributed by atoms with Gasteiger partial charge in [0.1, 0.15) is 18.1 Å². The molecule has 13 heteroatoms. The third-order valence-electron chi connectivity index (χ3n) is 8.77. The SMILES string of the molecule is COc1cc([C@@H]2c3cc4c(cc3[C@@H](n3cc(COc5ccc6c(c5)OCO6)nn3)[C@H]3COC(=O)[C@H]23)OCO4)cc(OC)c1OC. The molecule has 0 N–H and O–H groups in total. The van der Waals surface area contributed by atoms with E-state index < -0.39 is 11.8 Å². The van der Waals surface area contributed by atoms with Gasteiger partial charge in [0.05, 0.1) is 46.1 Å². The van der Waals surface area contributed by atoms with E-state index in [2.05, 4.69) is 10.3 Å². The number of methoxy groups -OCH3 is 3. The molecule has 0 unspecified atom stereocenters. The molecule has 0 amide bonds. The van der Waals surface area contributed by atoms with E-state index in [9.17, 15) is 4.79 Å². The Kier molecular flexibility index (Phi) is 6.47. The van der Waals surface area contributed by atoms with Crippen LogP contribution in [0.4, 0.5) is 0 Å². The number of esters is 1. The molecule has 1 aliphatic carbocycles. The van der Waals surface area contributed by atoms with Crippen LogP contribution in [0.3, 0.4) is 0 Å². The summed E-state index contributed by atoms with van der Waals surface area (Å²) in [6, 6.07) is 12.7. The van der Waals surface area contributed by atoms with Gasteiger partial charge in [0, 0.05) is 17.9 Å². The normalized spacial score (nSPS) is 22.0. The van der Waals surface area contributed by atoms with Crippen LogP contribution in [0.5, 0.6) is 46.0 Å². The zero-order chi connectivity index (χ0) is 30.7. The van der Waals surface area contributed by atoms with E-state index in [1.54, 1.807) is 38.1 Å². The van der Waals surface area contributed by atoms with Crippen LogP contribution >= 0.6 is 0 Å². The number of carbonyl (C=O) groups is 1. The number of hydrogen-bond donors (Lipinski definition) is 0. The first-order valence-electron chi connectivity index (χ1n) is 14.4. The van der Waals surface area contributed by atoms with E-state index in [0.717, 1.165) is 16.7 Å². The monoisotopic (exact) mass is 615 g/mol. The smallest absolute Gasteiger partial charge is 0.310 e. The van der Waals surface area contributed by atoms with Gasteiger partial charge >= 0.3 is 5.97 Å². The van der Waals surface area contributed by atoms with E-state index in [4.69, 9.17) is 42.6 Å². The number of cyclic esters (lactones) is 1. The lowest BCUT2D eigenvalue weighted by molar-refractivity contribution is -0.141. The van der Waals surface area contributed by atoms with Crippen molar-refractivity contribution in [2.24, 2.45) is 11.8 Å².